The molecule has 11 heteroatoms. The maximum atomic E-state index is 13.2. The normalized spacial score (nSPS) is 17.5. The maximum absolute atomic E-state index is 13.2. The standard InChI is InChI=1S/C27H43N5O5S/c1-5-15-37-16-8-6-7-9-24-29-25(33)27(30-24)11-13-32(14-12-27)38(35,36)17-10-23-20(2)18-22(19-21(23)3)31(4)26(28)34/h18-19H,5-17H2,1-4H3,(H2,28,34)(H,29,30,33). The first kappa shape index (κ1) is 30.0. The van der Waals surface area contributed by atoms with Crippen molar-refractivity contribution in [2.45, 2.75) is 77.7 Å². The summed E-state index contributed by atoms with van der Waals surface area (Å²) in [7, 11) is -1.90. The Morgan fingerprint density at radius 3 is 2.39 bits per heavy atom. The maximum Gasteiger partial charge on any atom is 0.318 e. The summed E-state index contributed by atoms with van der Waals surface area (Å²) in [6, 6.07) is 3.14. The van der Waals surface area contributed by atoms with Gasteiger partial charge in [0.1, 0.15) is 11.4 Å². The number of primary amides is 1. The lowest BCUT2D eigenvalue weighted by atomic mass is 9.89. The average molecular weight is 550 g/mol. The van der Waals surface area contributed by atoms with Crippen molar-refractivity contribution in [1.82, 2.24) is 9.62 Å². The predicted octanol–water partition coefficient (Wildman–Crippen LogP) is 3.04. The molecule has 1 spiro atoms. The number of anilines is 1. The van der Waals surface area contributed by atoms with Gasteiger partial charge in [-0.25, -0.2) is 17.5 Å². The molecule has 3 N–H and O–H groups in total. The number of nitrogens with one attached hydrogen (secondary N) is 1. The summed E-state index contributed by atoms with van der Waals surface area (Å²) < 4.78 is 33.3. The smallest absolute Gasteiger partial charge is 0.318 e. The summed E-state index contributed by atoms with van der Waals surface area (Å²) in [5.41, 5.74) is 7.99. The van der Waals surface area contributed by atoms with Gasteiger partial charge in [0, 0.05) is 45.5 Å². The summed E-state index contributed by atoms with van der Waals surface area (Å²) in [5.74, 6) is 0.593. The van der Waals surface area contributed by atoms with E-state index in [4.69, 9.17) is 15.5 Å². The van der Waals surface area contributed by atoms with Crippen molar-refractivity contribution < 1.29 is 22.7 Å². The summed E-state index contributed by atoms with van der Waals surface area (Å²) in [4.78, 5) is 30.4. The number of urea groups is 1. The predicted molar refractivity (Wildman–Crippen MR) is 150 cm³/mol. The van der Waals surface area contributed by atoms with Crippen molar-refractivity contribution in [2.75, 3.05) is 44.0 Å². The molecule has 1 aromatic rings. The lowest BCUT2D eigenvalue weighted by Crippen LogP contribution is -2.50. The lowest BCUT2D eigenvalue weighted by Gasteiger charge is -2.34. The number of piperidine rings is 1. The summed E-state index contributed by atoms with van der Waals surface area (Å²) in [5, 5.41) is 2.94. The first-order valence-electron chi connectivity index (χ1n) is 13.6. The van der Waals surface area contributed by atoms with E-state index in [0.717, 1.165) is 67.8 Å². The van der Waals surface area contributed by atoms with Crippen molar-refractivity contribution >= 4 is 33.5 Å². The van der Waals surface area contributed by atoms with Crippen molar-refractivity contribution in [2.24, 2.45) is 10.7 Å². The van der Waals surface area contributed by atoms with Gasteiger partial charge in [0.15, 0.2) is 0 Å². The largest absolute Gasteiger partial charge is 0.381 e. The molecule has 1 aromatic carbocycles. The van der Waals surface area contributed by atoms with Gasteiger partial charge in [-0.05, 0) is 81.2 Å². The molecule has 0 aliphatic carbocycles. The Kier molecular flexibility index (Phi) is 10.3. The van der Waals surface area contributed by atoms with Gasteiger partial charge in [-0.1, -0.05) is 13.3 Å². The van der Waals surface area contributed by atoms with Crippen LogP contribution >= 0.6 is 0 Å². The van der Waals surface area contributed by atoms with Gasteiger partial charge in [0.05, 0.1) is 5.75 Å². The van der Waals surface area contributed by atoms with E-state index < -0.39 is 21.6 Å². The van der Waals surface area contributed by atoms with E-state index in [0.29, 0.717) is 24.9 Å². The van der Waals surface area contributed by atoms with Crippen LogP contribution in [0, 0.1) is 13.8 Å². The number of ether oxygens (including phenoxy) is 1. The third kappa shape index (κ3) is 7.33. The molecule has 38 heavy (non-hydrogen) atoms. The third-order valence-electron chi connectivity index (χ3n) is 7.53. The van der Waals surface area contributed by atoms with Crippen molar-refractivity contribution in [3.05, 3.63) is 28.8 Å². The molecular weight excluding hydrogens is 506 g/mol. The van der Waals surface area contributed by atoms with E-state index in [1.54, 1.807) is 7.05 Å². The second-order valence-corrected chi connectivity index (χ2v) is 12.5. The molecule has 2 heterocycles. The van der Waals surface area contributed by atoms with Crippen molar-refractivity contribution in [3.8, 4) is 0 Å². The fraction of sp³-hybridized carbons (Fsp3) is 0.667. The van der Waals surface area contributed by atoms with Crippen LogP contribution < -0.4 is 16.0 Å². The summed E-state index contributed by atoms with van der Waals surface area (Å²) >= 11 is 0. The first-order valence-corrected chi connectivity index (χ1v) is 15.2. The van der Waals surface area contributed by atoms with Gasteiger partial charge in [0.25, 0.3) is 5.91 Å². The van der Waals surface area contributed by atoms with Crippen LogP contribution in [0.5, 0.6) is 0 Å². The van der Waals surface area contributed by atoms with Gasteiger partial charge >= 0.3 is 6.03 Å². The number of amidine groups is 1. The summed E-state index contributed by atoms with van der Waals surface area (Å²) in [6.07, 6.45) is 5.83. The van der Waals surface area contributed by atoms with E-state index in [9.17, 15) is 18.0 Å². The monoisotopic (exact) mass is 549 g/mol. The second-order valence-electron chi connectivity index (χ2n) is 10.4. The van der Waals surface area contributed by atoms with Gasteiger partial charge in [-0.15, -0.1) is 0 Å². The van der Waals surface area contributed by atoms with E-state index in [2.05, 4.69) is 12.2 Å². The van der Waals surface area contributed by atoms with E-state index in [1.807, 2.05) is 26.0 Å². The number of carbonyl (C=O) groups excluding carboxylic acids is 2. The number of nitrogens with two attached hydrogens (primary N) is 1. The molecular formula is C27H43N5O5S. The number of benzene rings is 1. The fourth-order valence-electron chi connectivity index (χ4n) is 5.14. The highest BCUT2D eigenvalue weighted by Crippen LogP contribution is 2.32. The minimum atomic E-state index is -3.50. The van der Waals surface area contributed by atoms with Gasteiger partial charge in [-0.3, -0.25) is 14.7 Å². The second kappa shape index (κ2) is 13.0. The molecule has 212 valence electrons. The van der Waals surface area contributed by atoms with Gasteiger partial charge in [0.2, 0.25) is 10.0 Å². The molecule has 1 fully saturated rings. The Labute approximate surface area is 227 Å². The molecule has 3 amide bonds. The van der Waals surface area contributed by atoms with Crippen LogP contribution in [0.15, 0.2) is 17.1 Å². The van der Waals surface area contributed by atoms with Crippen molar-refractivity contribution in [1.29, 1.82) is 0 Å². The SMILES string of the molecule is CCCOCCCCCC1=NC2(CCN(S(=O)(=O)CCc3c(C)cc(N(C)C(N)=O)cc3C)CC2)C(=O)N1. The van der Waals surface area contributed by atoms with Gasteiger partial charge in [-0.2, -0.15) is 0 Å². The zero-order chi connectivity index (χ0) is 27.9. The quantitative estimate of drug-likeness (QED) is 0.365. The Morgan fingerprint density at radius 2 is 1.79 bits per heavy atom. The molecule has 2 aliphatic heterocycles. The molecule has 0 saturated carbocycles. The number of carbonyl (C=O) groups is 2. The highest BCUT2D eigenvalue weighted by atomic mass is 32.2. The number of amides is 3. The Bertz CT molecular complexity index is 1120. The van der Waals surface area contributed by atoms with Crippen LogP contribution in [-0.2, 0) is 26.0 Å². The van der Waals surface area contributed by atoms with E-state index in [1.165, 1.54) is 9.21 Å². The Balaban J connectivity index is 1.53. The average Bonchev–Trinajstić information content (AvgIpc) is 3.16. The highest BCUT2D eigenvalue weighted by molar-refractivity contribution is 7.89. The zero-order valence-electron chi connectivity index (χ0n) is 23.2. The van der Waals surface area contributed by atoms with Crippen LogP contribution in [0.25, 0.3) is 0 Å². The number of unbranched alkanes of at least 4 members (excludes halogenated alkanes) is 2. The minimum absolute atomic E-state index is 0.0185. The number of nitrogens with zero attached hydrogens (tertiary/aromatic N) is 3. The summed E-state index contributed by atoms with van der Waals surface area (Å²) in [6.45, 7) is 8.02. The minimum Gasteiger partial charge on any atom is -0.381 e. The van der Waals surface area contributed by atoms with Crippen molar-refractivity contribution in [3.63, 3.8) is 0 Å². The van der Waals surface area contributed by atoms with Gasteiger partial charge < -0.3 is 15.8 Å². The topological polar surface area (TPSA) is 134 Å². The van der Waals surface area contributed by atoms with Crippen LogP contribution in [0.3, 0.4) is 0 Å². The van der Waals surface area contributed by atoms with Crippen LogP contribution in [0.1, 0.15) is 68.6 Å². The highest BCUT2D eigenvalue weighted by Gasteiger charge is 2.47. The third-order valence-corrected chi connectivity index (χ3v) is 9.40. The molecule has 0 bridgehead atoms. The van der Waals surface area contributed by atoms with E-state index in [-0.39, 0.29) is 24.7 Å². The van der Waals surface area contributed by atoms with E-state index >= 15 is 0 Å². The number of aryl methyl sites for hydroxylation is 2. The molecule has 3 rings (SSSR count). The Morgan fingerprint density at radius 1 is 1.13 bits per heavy atom. The number of aliphatic imine (C=N–C) groups is 1. The number of hydrogen-bond donors (Lipinski definition) is 2. The molecule has 0 unspecified atom stereocenters. The molecule has 0 radical (unpaired) electrons. The molecule has 1 saturated heterocycles. The lowest BCUT2D eigenvalue weighted by molar-refractivity contribution is -0.124. The molecule has 0 aromatic heterocycles. The molecule has 0 atom stereocenters. The molecule has 2 aliphatic rings. The van der Waals surface area contributed by atoms with Crippen LogP contribution in [-0.4, -0.2) is 75.1 Å². The van der Waals surface area contributed by atoms with Crippen LogP contribution in [0.4, 0.5) is 10.5 Å². The zero-order valence-corrected chi connectivity index (χ0v) is 24.0. The number of sulfonamides is 1. The number of hydrogen-bond acceptors (Lipinski definition) is 6. The van der Waals surface area contributed by atoms with Crippen LogP contribution in [0.2, 0.25) is 0 Å². The Hall–Kier alpha value is -2.50. The fourth-order valence-corrected chi connectivity index (χ4v) is 6.60. The molecule has 10 nitrogen and oxygen atoms in total. The first-order chi connectivity index (χ1) is 18.0. The number of rotatable bonds is 13.